The van der Waals surface area contributed by atoms with Gasteiger partial charge in [-0.3, -0.25) is 4.79 Å². The molecule has 1 aromatic rings. The number of ether oxygens (including phenoxy) is 1. The van der Waals surface area contributed by atoms with Crippen LogP contribution in [0.1, 0.15) is 25.0 Å². The highest BCUT2D eigenvalue weighted by Gasteiger charge is 2.15. The molecule has 18 heavy (non-hydrogen) atoms. The van der Waals surface area contributed by atoms with E-state index in [2.05, 4.69) is 36.1 Å². The first-order chi connectivity index (χ1) is 8.56. The SMILES string of the molecule is CCc1ccc(CN(C)CC(C)C(=O)OC)cc1. The summed E-state index contributed by atoms with van der Waals surface area (Å²) in [5.74, 6) is -0.238. The Labute approximate surface area is 110 Å². The summed E-state index contributed by atoms with van der Waals surface area (Å²) in [4.78, 5) is 13.5. The summed E-state index contributed by atoms with van der Waals surface area (Å²) in [6.45, 7) is 5.61. The Balaban J connectivity index is 2.48. The molecule has 0 radical (unpaired) electrons. The van der Waals surface area contributed by atoms with Gasteiger partial charge in [0.1, 0.15) is 0 Å². The normalized spacial score (nSPS) is 12.5. The van der Waals surface area contributed by atoms with Crippen LogP contribution in [-0.4, -0.2) is 31.6 Å². The molecule has 1 aromatic carbocycles. The fraction of sp³-hybridized carbons (Fsp3) is 0.533. The third-order valence-electron chi connectivity index (χ3n) is 3.07. The summed E-state index contributed by atoms with van der Waals surface area (Å²) in [5, 5.41) is 0. The lowest BCUT2D eigenvalue weighted by Gasteiger charge is -2.20. The summed E-state index contributed by atoms with van der Waals surface area (Å²) in [6, 6.07) is 8.62. The molecule has 1 rings (SSSR count). The van der Waals surface area contributed by atoms with Crippen LogP contribution >= 0.6 is 0 Å². The van der Waals surface area contributed by atoms with Gasteiger partial charge in [-0.25, -0.2) is 0 Å². The lowest BCUT2D eigenvalue weighted by molar-refractivity contribution is -0.145. The van der Waals surface area contributed by atoms with Crippen LogP contribution in [0, 0.1) is 5.92 Å². The molecule has 0 bridgehead atoms. The molecule has 3 heteroatoms. The Morgan fingerprint density at radius 2 is 1.83 bits per heavy atom. The van der Waals surface area contributed by atoms with Gasteiger partial charge in [0.2, 0.25) is 0 Å². The van der Waals surface area contributed by atoms with Crippen molar-refractivity contribution in [1.82, 2.24) is 4.90 Å². The standard InChI is InChI=1S/C15H23NO2/c1-5-13-6-8-14(9-7-13)11-16(3)10-12(2)15(17)18-4/h6-9,12H,5,10-11H2,1-4H3. The number of hydrogen-bond donors (Lipinski definition) is 0. The van der Waals surface area contributed by atoms with E-state index in [0.29, 0.717) is 6.54 Å². The maximum absolute atomic E-state index is 11.3. The number of benzene rings is 1. The van der Waals surface area contributed by atoms with Gasteiger partial charge in [0.05, 0.1) is 13.0 Å². The van der Waals surface area contributed by atoms with E-state index in [1.54, 1.807) is 0 Å². The van der Waals surface area contributed by atoms with E-state index in [4.69, 9.17) is 4.74 Å². The summed E-state index contributed by atoms with van der Waals surface area (Å²) in [7, 11) is 3.45. The van der Waals surface area contributed by atoms with Crippen LogP contribution in [0.25, 0.3) is 0 Å². The summed E-state index contributed by atoms with van der Waals surface area (Å²) < 4.78 is 4.73. The third-order valence-corrected chi connectivity index (χ3v) is 3.07. The zero-order valence-electron chi connectivity index (χ0n) is 11.8. The number of carbonyl (C=O) groups is 1. The quantitative estimate of drug-likeness (QED) is 0.725. The van der Waals surface area contributed by atoms with Gasteiger partial charge < -0.3 is 9.64 Å². The van der Waals surface area contributed by atoms with Crippen molar-refractivity contribution in [2.24, 2.45) is 5.92 Å². The molecule has 0 aliphatic rings. The maximum Gasteiger partial charge on any atom is 0.309 e. The van der Waals surface area contributed by atoms with Crippen molar-refractivity contribution in [1.29, 1.82) is 0 Å². The largest absolute Gasteiger partial charge is 0.469 e. The van der Waals surface area contributed by atoms with Crippen molar-refractivity contribution in [2.75, 3.05) is 20.7 Å². The molecule has 0 saturated carbocycles. The fourth-order valence-electron chi connectivity index (χ4n) is 2.00. The number of nitrogens with zero attached hydrogens (tertiary/aromatic N) is 1. The Bertz CT molecular complexity index is 373. The first-order valence-corrected chi connectivity index (χ1v) is 6.41. The van der Waals surface area contributed by atoms with Crippen LogP contribution in [-0.2, 0) is 22.5 Å². The zero-order valence-corrected chi connectivity index (χ0v) is 11.8. The highest BCUT2D eigenvalue weighted by atomic mass is 16.5. The second kappa shape index (κ2) is 7.17. The molecule has 0 amide bonds. The second-order valence-electron chi connectivity index (χ2n) is 4.79. The highest BCUT2D eigenvalue weighted by Crippen LogP contribution is 2.09. The molecule has 0 fully saturated rings. The molecule has 1 atom stereocenters. The van der Waals surface area contributed by atoms with Crippen LogP contribution in [0.15, 0.2) is 24.3 Å². The molecule has 0 spiro atoms. The predicted octanol–water partition coefficient (Wildman–Crippen LogP) is 2.49. The predicted molar refractivity (Wildman–Crippen MR) is 73.3 cm³/mol. The van der Waals surface area contributed by atoms with Gasteiger partial charge in [-0.1, -0.05) is 38.1 Å². The topological polar surface area (TPSA) is 29.5 Å². The van der Waals surface area contributed by atoms with Gasteiger partial charge in [0.15, 0.2) is 0 Å². The number of esters is 1. The second-order valence-corrected chi connectivity index (χ2v) is 4.79. The molecule has 0 heterocycles. The molecular formula is C15H23NO2. The molecule has 0 N–H and O–H groups in total. The highest BCUT2D eigenvalue weighted by molar-refractivity contribution is 5.72. The Morgan fingerprint density at radius 1 is 1.28 bits per heavy atom. The number of hydrogen-bond acceptors (Lipinski definition) is 3. The lowest BCUT2D eigenvalue weighted by Crippen LogP contribution is -2.29. The van der Waals surface area contributed by atoms with Gasteiger partial charge in [-0.15, -0.1) is 0 Å². The van der Waals surface area contributed by atoms with Crippen molar-refractivity contribution in [3.8, 4) is 0 Å². The minimum absolute atomic E-state index is 0.0880. The van der Waals surface area contributed by atoms with E-state index < -0.39 is 0 Å². The fourth-order valence-corrected chi connectivity index (χ4v) is 2.00. The van der Waals surface area contributed by atoms with E-state index in [1.165, 1.54) is 18.2 Å². The van der Waals surface area contributed by atoms with Gasteiger partial charge in [0, 0.05) is 13.1 Å². The molecule has 0 aromatic heterocycles. The molecule has 1 unspecified atom stereocenters. The van der Waals surface area contributed by atoms with E-state index >= 15 is 0 Å². The Kier molecular flexibility index (Phi) is 5.86. The smallest absolute Gasteiger partial charge is 0.309 e. The van der Waals surface area contributed by atoms with Gasteiger partial charge in [-0.2, -0.15) is 0 Å². The van der Waals surface area contributed by atoms with Gasteiger partial charge in [-0.05, 0) is 24.6 Å². The number of rotatable bonds is 6. The van der Waals surface area contributed by atoms with Crippen LogP contribution < -0.4 is 0 Å². The van der Waals surface area contributed by atoms with E-state index in [0.717, 1.165) is 13.0 Å². The molecule has 100 valence electrons. The lowest BCUT2D eigenvalue weighted by atomic mass is 10.1. The van der Waals surface area contributed by atoms with Crippen molar-refractivity contribution in [2.45, 2.75) is 26.8 Å². The average molecular weight is 249 g/mol. The maximum atomic E-state index is 11.3. The van der Waals surface area contributed by atoms with Crippen molar-refractivity contribution < 1.29 is 9.53 Å². The first kappa shape index (κ1) is 14.7. The molecule has 0 aliphatic heterocycles. The number of aryl methyl sites for hydroxylation is 1. The van der Waals surface area contributed by atoms with Crippen LogP contribution in [0.2, 0.25) is 0 Å². The molecular weight excluding hydrogens is 226 g/mol. The summed E-state index contributed by atoms with van der Waals surface area (Å²) in [5.41, 5.74) is 2.62. The molecule has 3 nitrogen and oxygen atoms in total. The average Bonchev–Trinajstić information content (AvgIpc) is 2.38. The van der Waals surface area contributed by atoms with Crippen molar-refractivity contribution in [3.63, 3.8) is 0 Å². The Morgan fingerprint density at radius 3 is 2.33 bits per heavy atom. The number of carbonyl (C=O) groups excluding carboxylic acids is 1. The Hall–Kier alpha value is -1.35. The molecule has 0 saturated heterocycles. The van der Waals surface area contributed by atoms with Crippen LogP contribution in [0.4, 0.5) is 0 Å². The van der Waals surface area contributed by atoms with Crippen molar-refractivity contribution in [3.05, 3.63) is 35.4 Å². The summed E-state index contributed by atoms with van der Waals surface area (Å²) >= 11 is 0. The van der Waals surface area contributed by atoms with Crippen LogP contribution in [0.5, 0.6) is 0 Å². The van der Waals surface area contributed by atoms with Crippen LogP contribution in [0.3, 0.4) is 0 Å². The summed E-state index contributed by atoms with van der Waals surface area (Å²) in [6.07, 6.45) is 1.06. The minimum Gasteiger partial charge on any atom is -0.469 e. The van der Waals surface area contributed by atoms with E-state index in [1.807, 2.05) is 14.0 Å². The van der Waals surface area contributed by atoms with E-state index in [9.17, 15) is 4.79 Å². The van der Waals surface area contributed by atoms with E-state index in [-0.39, 0.29) is 11.9 Å². The van der Waals surface area contributed by atoms with Gasteiger partial charge >= 0.3 is 5.97 Å². The minimum atomic E-state index is -0.150. The monoisotopic (exact) mass is 249 g/mol. The first-order valence-electron chi connectivity index (χ1n) is 6.41. The zero-order chi connectivity index (χ0) is 13.5. The molecule has 0 aliphatic carbocycles. The van der Waals surface area contributed by atoms with Gasteiger partial charge in [0.25, 0.3) is 0 Å². The van der Waals surface area contributed by atoms with Crippen molar-refractivity contribution >= 4 is 5.97 Å². The third kappa shape index (κ3) is 4.49. The number of methoxy groups -OCH3 is 1.